The van der Waals surface area contributed by atoms with Gasteiger partial charge in [0.1, 0.15) is 0 Å². The molecule has 0 unspecified atom stereocenters. The summed E-state index contributed by atoms with van der Waals surface area (Å²) in [6.45, 7) is 2.79. The van der Waals surface area contributed by atoms with Gasteiger partial charge in [0.25, 0.3) is 5.91 Å². The second-order valence-corrected chi connectivity index (χ2v) is 6.23. The van der Waals surface area contributed by atoms with E-state index in [2.05, 4.69) is 34.1 Å². The minimum absolute atomic E-state index is 0.457. The van der Waals surface area contributed by atoms with E-state index in [-0.39, 0.29) is 0 Å². The number of fused-ring (bicyclic) bond motifs is 3. The number of nitrogens with one attached hydrogen (secondary N) is 2. The standard InChI is InChI=1S/C19H19N3O2/c23-19(21-24)14-7-5-13(6-8-14)11-22-10-9-18-16(12-22)15-3-1-2-4-17(15)20-18/h1-8,20,24H,9-12H2,(H,21,23). The summed E-state index contributed by atoms with van der Waals surface area (Å²) in [5.41, 5.74) is 7.23. The van der Waals surface area contributed by atoms with Crippen molar-refractivity contribution in [2.45, 2.75) is 19.5 Å². The van der Waals surface area contributed by atoms with Gasteiger partial charge < -0.3 is 4.98 Å². The first kappa shape index (κ1) is 14.9. The van der Waals surface area contributed by atoms with Crippen LogP contribution in [0.5, 0.6) is 0 Å². The molecule has 0 aliphatic carbocycles. The van der Waals surface area contributed by atoms with E-state index in [1.54, 1.807) is 17.6 Å². The quantitative estimate of drug-likeness (QED) is 0.513. The Hall–Kier alpha value is -2.63. The molecule has 4 rings (SSSR count). The number of benzene rings is 2. The average molecular weight is 321 g/mol. The van der Waals surface area contributed by atoms with Crippen LogP contribution in [-0.2, 0) is 19.5 Å². The van der Waals surface area contributed by atoms with E-state index >= 15 is 0 Å². The third-order valence-electron chi connectivity index (χ3n) is 4.69. The number of amides is 1. The fourth-order valence-corrected chi connectivity index (χ4v) is 3.44. The van der Waals surface area contributed by atoms with Crippen LogP contribution in [0.15, 0.2) is 48.5 Å². The lowest BCUT2D eigenvalue weighted by Crippen LogP contribution is -2.29. The van der Waals surface area contributed by atoms with Gasteiger partial charge in [-0.15, -0.1) is 0 Å². The zero-order valence-electron chi connectivity index (χ0n) is 13.2. The van der Waals surface area contributed by atoms with Crippen LogP contribution in [-0.4, -0.2) is 27.5 Å². The van der Waals surface area contributed by atoms with Crippen LogP contribution in [0.2, 0.25) is 0 Å². The molecule has 24 heavy (non-hydrogen) atoms. The van der Waals surface area contributed by atoms with Crippen molar-refractivity contribution in [2.75, 3.05) is 6.54 Å². The van der Waals surface area contributed by atoms with Gasteiger partial charge in [-0.3, -0.25) is 14.9 Å². The van der Waals surface area contributed by atoms with Crippen LogP contribution in [0, 0.1) is 0 Å². The summed E-state index contributed by atoms with van der Waals surface area (Å²) in [6.07, 6.45) is 1.02. The Morgan fingerprint density at radius 3 is 2.75 bits per heavy atom. The van der Waals surface area contributed by atoms with E-state index in [1.807, 2.05) is 12.1 Å². The first-order valence-corrected chi connectivity index (χ1v) is 8.09. The Bertz CT molecular complexity index is 883. The summed E-state index contributed by atoms with van der Waals surface area (Å²) in [4.78, 5) is 17.3. The Balaban J connectivity index is 1.51. The molecule has 0 radical (unpaired) electrons. The molecule has 0 saturated heterocycles. The fourth-order valence-electron chi connectivity index (χ4n) is 3.44. The molecule has 0 atom stereocenters. The normalized spacial score (nSPS) is 14.5. The minimum atomic E-state index is -0.483. The number of aromatic amines is 1. The van der Waals surface area contributed by atoms with Crippen LogP contribution < -0.4 is 5.48 Å². The molecule has 0 fully saturated rings. The molecule has 0 saturated carbocycles. The van der Waals surface area contributed by atoms with Gasteiger partial charge in [0.05, 0.1) is 0 Å². The summed E-state index contributed by atoms with van der Waals surface area (Å²) in [5.74, 6) is -0.483. The van der Waals surface area contributed by atoms with Crippen molar-refractivity contribution in [3.63, 3.8) is 0 Å². The first-order chi connectivity index (χ1) is 11.7. The maximum atomic E-state index is 11.4. The second-order valence-electron chi connectivity index (χ2n) is 6.23. The Labute approximate surface area is 139 Å². The number of hydrogen-bond acceptors (Lipinski definition) is 3. The predicted octanol–water partition coefficient (Wildman–Crippen LogP) is 2.85. The minimum Gasteiger partial charge on any atom is -0.358 e. The molecule has 3 N–H and O–H groups in total. The molecular formula is C19H19N3O2. The van der Waals surface area contributed by atoms with Crippen LogP contribution in [0.4, 0.5) is 0 Å². The van der Waals surface area contributed by atoms with Crippen molar-refractivity contribution < 1.29 is 10.0 Å². The van der Waals surface area contributed by atoms with E-state index in [1.165, 1.54) is 22.2 Å². The van der Waals surface area contributed by atoms with Gasteiger partial charge in [-0.25, -0.2) is 5.48 Å². The number of H-pyrrole nitrogens is 1. The highest BCUT2D eigenvalue weighted by Crippen LogP contribution is 2.28. The predicted molar refractivity (Wildman–Crippen MR) is 91.8 cm³/mol. The first-order valence-electron chi connectivity index (χ1n) is 8.09. The lowest BCUT2D eigenvalue weighted by molar-refractivity contribution is 0.0706. The second kappa shape index (κ2) is 6.11. The van der Waals surface area contributed by atoms with Crippen LogP contribution in [0.1, 0.15) is 27.2 Å². The molecule has 2 aromatic carbocycles. The molecule has 5 nitrogen and oxygen atoms in total. The van der Waals surface area contributed by atoms with Crippen molar-refractivity contribution >= 4 is 16.8 Å². The van der Waals surface area contributed by atoms with Crippen LogP contribution >= 0.6 is 0 Å². The number of rotatable bonds is 3. The highest BCUT2D eigenvalue weighted by molar-refractivity contribution is 5.93. The van der Waals surface area contributed by atoms with Gasteiger partial charge in [0.15, 0.2) is 0 Å². The molecule has 122 valence electrons. The molecule has 1 amide bonds. The topological polar surface area (TPSA) is 68.4 Å². The van der Waals surface area contributed by atoms with Crippen LogP contribution in [0.25, 0.3) is 10.9 Å². The number of carbonyl (C=O) groups excluding carboxylic acids is 1. The molecule has 0 bridgehead atoms. The molecule has 3 aromatic rings. The van der Waals surface area contributed by atoms with E-state index in [0.717, 1.165) is 31.6 Å². The summed E-state index contributed by atoms with van der Waals surface area (Å²) in [5, 5.41) is 9.98. The Morgan fingerprint density at radius 1 is 1.17 bits per heavy atom. The lowest BCUT2D eigenvalue weighted by Gasteiger charge is -2.27. The lowest BCUT2D eigenvalue weighted by atomic mass is 10.0. The third kappa shape index (κ3) is 2.68. The maximum absolute atomic E-state index is 11.4. The highest BCUT2D eigenvalue weighted by atomic mass is 16.5. The van der Waals surface area contributed by atoms with E-state index < -0.39 is 5.91 Å². The number of aromatic nitrogens is 1. The largest absolute Gasteiger partial charge is 0.358 e. The SMILES string of the molecule is O=C(NO)c1ccc(CN2CCc3[nH]c4ccccc4c3C2)cc1. The number of hydrogen-bond donors (Lipinski definition) is 3. The van der Waals surface area contributed by atoms with E-state index in [9.17, 15) is 4.79 Å². The average Bonchev–Trinajstić information content (AvgIpc) is 3.00. The zero-order valence-corrected chi connectivity index (χ0v) is 13.2. The van der Waals surface area contributed by atoms with Gasteiger partial charge in [-0.2, -0.15) is 0 Å². The summed E-state index contributed by atoms with van der Waals surface area (Å²) in [7, 11) is 0. The van der Waals surface area contributed by atoms with Gasteiger partial charge in [0, 0.05) is 48.2 Å². The number of hydroxylamine groups is 1. The smallest absolute Gasteiger partial charge is 0.274 e. The summed E-state index contributed by atoms with van der Waals surface area (Å²) < 4.78 is 0. The van der Waals surface area contributed by atoms with E-state index in [0.29, 0.717) is 5.56 Å². The summed E-state index contributed by atoms with van der Waals surface area (Å²) in [6, 6.07) is 15.8. The molecular weight excluding hydrogens is 302 g/mol. The van der Waals surface area contributed by atoms with Crippen LogP contribution in [0.3, 0.4) is 0 Å². The van der Waals surface area contributed by atoms with Gasteiger partial charge in [0.2, 0.25) is 0 Å². The monoisotopic (exact) mass is 321 g/mol. The highest BCUT2D eigenvalue weighted by Gasteiger charge is 2.20. The number of nitrogens with zero attached hydrogens (tertiary/aromatic N) is 1. The van der Waals surface area contributed by atoms with Crippen molar-refractivity contribution in [3.8, 4) is 0 Å². The fraction of sp³-hybridized carbons (Fsp3) is 0.211. The molecule has 2 heterocycles. The maximum Gasteiger partial charge on any atom is 0.274 e. The van der Waals surface area contributed by atoms with Gasteiger partial charge >= 0.3 is 0 Å². The van der Waals surface area contributed by atoms with Crippen molar-refractivity contribution in [2.24, 2.45) is 0 Å². The van der Waals surface area contributed by atoms with Gasteiger partial charge in [-0.1, -0.05) is 30.3 Å². The van der Waals surface area contributed by atoms with Gasteiger partial charge in [-0.05, 0) is 29.3 Å². The van der Waals surface area contributed by atoms with Crippen molar-refractivity contribution in [1.82, 2.24) is 15.4 Å². The van der Waals surface area contributed by atoms with Crippen molar-refractivity contribution in [3.05, 3.63) is 70.9 Å². The third-order valence-corrected chi connectivity index (χ3v) is 4.69. The van der Waals surface area contributed by atoms with Crippen molar-refractivity contribution in [1.29, 1.82) is 0 Å². The molecule has 5 heteroatoms. The molecule has 1 aliphatic heterocycles. The Kier molecular flexibility index (Phi) is 3.80. The molecule has 1 aromatic heterocycles. The number of carbonyl (C=O) groups is 1. The molecule has 0 spiro atoms. The molecule has 1 aliphatic rings. The zero-order chi connectivity index (χ0) is 16.5. The van der Waals surface area contributed by atoms with E-state index in [4.69, 9.17) is 5.21 Å². The number of para-hydroxylation sites is 1. The summed E-state index contributed by atoms with van der Waals surface area (Å²) >= 11 is 0. The Morgan fingerprint density at radius 2 is 1.96 bits per heavy atom.